The van der Waals surface area contributed by atoms with Gasteiger partial charge in [-0.3, -0.25) is 4.79 Å². The summed E-state index contributed by atoms with van der Waals surface area (Å²) in [6.45, 7) is 3.96. The Morgan fingerprint density at radius 1 is 1.82 bits per heavy atom. The molecule has 1 rings (SSSR count). The zero-order valence-electron chi connectivity index (χ0n) is 6.47. The minimum atomic E-state index is -0.0740. The average Bonchev–Trinajstić information content (AvgIpc) is 1.79. The molecule has 0 spiro atoms. The molecule has 64 valence electrons. The lowest BCUT2D eigenvalue weighted by Gasteiger charge is -2.25. The van der Waals surface area contributed by atoms with Crippen LogP contribution in [-0.2, 0) is 9.53 Å². The van der Waals surface area contributed by atoms with E-state index in [1.54, 1.807) is 0 Å². The number of carbonyl (C=O) groups excluding carboxylic acids is 1. The molecule has 0 aliphatic carbocycles. The van der Waals surface area contributed by atoms with Crippen LogP contribution in [0.4, 0.5) is 0 Å². The van der Waals surface area contributed by atoms with Gasteiger partial charge in [0.15, 0.2) is 0 Å². The molecule has 1 aliphatic rings. The molecular weight excluding hydrogens is 210 g/mol. The molecule has 1 atom stereocenters. The fourth-order valence-corrected chi connectivity index (χ4v) is 0.902. The van der Waals surface area contributed by atoms with Gasteiger partial charge in [-0.05, 0) is 6.92 Å². The molecule has 11 heavy (non-hydrogen) atoms. The summed E-state index contributed by atoms with van der Waals surface area (Å²) in [5, 5.41) is 3.02. The fourth-order valence-electron chi connectivity index (χ4n) is 0.770. The first-order chi connectivity index (χ1) is 5.20. The average molecular weight is 222 g/mol. The molecular formula is C7H12BrNO2. The van der Waals surface area contributed by atoms with Crippen molar-refractivity contribution >= 4 is 21.9 Å². The summed E-state index contributed by atoms with van der Waals surface area (Å²) in [7, 11) is 0. The van der Waals surface area contributed by atoms with Crippen LogP contribution in [0.25, 0.3) is 0 Å². The molecule has 1 unspecified atom stereocenters. The summed E-state index contributed by atoms with van der Waals surface area (Å²) >= 11 is 3.30. The van der Waals surface area contributed by atoms with Crippen LogP contribution < -0.4 is 5.32 Å². The first-order valence-electron chi connectivity index (χ1n) is 3.71. The van der Waals surface area contributed by atoms with Crippen molar-refractivity contribution in [3.63, 3.8) is 0 Å². The van der Waals surface area contributed by atoms with E-state index in [-0.39, 0.29) is 16.7 Å². The van der Waals surface area contributed by atoms with E-state index in [0.717, 1.165) is 13.1 Å². The maximum atomic E-state index is 11.0. The number of alkyl halides is 1. The fraction of sp³-hybridized carbons (Fsp3) is 0.857. The lowest BCUT2D eigenvalue weighted by Crippen LogP contribution is -2.47. The summed E-state index contributed by atoms with van der Waals surface area (Å²) < 4.78 is 4.98. The normalized spacial score (nSPS) is 20.5. The predicted octanol–water partition coefficient (Wildman–Crippen LogP) is 0.532. The lowest BCUT2D eigenvalue weighted by molar-refractivity contribution is -0.150. The van der Waals surface area contributed by atoms with Crippen molar-refractivity contribution in [2.45, 2.75) is 11.8 Å². The van der Waals surface area contributed by atoms with Gasteiger partial charge < -0.3 is 10.1 Å². The van der Waals surface area contributed by atoms with Crippen molar-refractivity contribution in [3.8, 4) is 0 Å². The Morgan fingerprint density at radius 2 is 2.45 bits per heavy atom. The molecule has 0 aromatic rings. The smallest absolute Gasteiger partial charge is 0.311 e. The van der Waals surface area contributed by atoms with Gasteiger partial charge in [-0.25, -0.2) is 0 Å². The van der Waals surface area contributed by atoms with Crippen LogP contribution in [0.5, 0.6) is 0 Å². The van der Waals surface area contributed by atoms with Crippen LogP contribution in [-0.4, -0.2) is 30.5 Å². The number of carbonyl (C=O) groups is 1. The number of halogens is 1. The van der Waals surface area contributed by atoms with Crippen LogP contribution in [0.3, 0.4) is 0 Å². The highest BCUT2D eigenvalue weighted by atomic mass is 79.9. The van der Waals surface area contributed by atoms with Gasteiger partial charge in [0, 0.05) is 17.9 Å². The molecule has 0 bridgehead atoms. The zero-order valence-corrected chi connectivity index (χ0v) is 8.06. The Kier molecular flexibility index (Phi) is 3.33. The minimum absolute atomic E-state index is 0.0740. The monoisotopic (exact) mass is 221 g/mol. The van der Waals surface area contributed by atoms with Gasteiger partial charge in [0.25, 0.3) is 0 Å². The molecule has 3 nitrogen and oxygen atoms in total. The Balaban J connectivity index is 2.10. The van der Waals surface area contributed by atoms with E-state index < -0.39 is 0 Å². The summed E-state index contributed by atoms with van der Waals surface area (Å²) in [6.07, 6.45) is 0. The molecule has 0 aromatic carbocycles. The van der Waals surface area contributed by atoms with Crippen molar-refractivity contribution in [3.05, 3.63) is 0 Å². The highest BCUT2D eigenvalue weighted by Crippen LogP contribution is 2.06. The zero-order chi connectivity index (χ0) is 8.27. The van der Waals surface area contributed by atoms with Gasteiger partial charge in [-0.1, -0.05) is 15.9 Å². The molecule has 1 heterocycles. The minimum Gasteiger partial charge on any atom is -0.464 e. The van der Waals surface area contributed by atoms with Crippen molar-refractivity contribution in [2.24, 2.45) is 5.92 Å². The third kappa shape index (κ3) is 2.79. The van der Waals surface area contributed by atoms with Crippen molar-refractivity contribution < 1.29 is 9.53 Å². The van der Waals surface area contributed by atoms with Crippen molar-refractivity contribution in [1.29, 1.82) is 0 Å². The van der Waals surface area contributed by atoms with Crippen LogP contribution >= 0.6 is 15.9 Å². The highest BCUT2D eigenvalue weighted by Gasteiger charge is 2.26. The molecule has 0 radical (unpaired) electrons. The van der Waals surface area contributed by atoms with Gasteiger partial charge >= 0.3 is 5.97 Å². The van der Waals surface area contributed by atoms with Crippen molar-refractivity contribution in [1.82, 2.24) is 5.32 Å². The second kappa shape index (κ2) is 4.07. The van der Waals surface area contributed by atoms with E-state index in [2.05, 4.69) is 21.2 Å². The van der Waals surface area contributed by atoms with Crippen LogP contribution in [0.15, 0.2) is 0 Å². The van der Waals surface area contributed by atoms with Crippen LogP contribution in [0.2, 0.25) is 0 Å². The maximum absolute atomic E-state index is 11.0. The molecule has 1 N–H and O–H groups in total. The number of hydrogen-bond donors (Lipinski definition) is 1. The van der Waals surface area contributed by atoms with E-state index in [9.17, 15) is 4.79 Å². The third-order valence-corrected chi connectivity index (χ3v) is 1.83. The van der Waals surface area contributed by atoms with E-state index in [1.807, 2.05) is 6.92 Å². The second-order valence-corrected chi connectivity index (χ2v) is 4.33. The number of rotatable bonds is 3. The molecule has 1 fully saturated rings. The standard InChI is InChI=1S/C7H12BrNO2/c1-5(8)4-11-7(10)6-2-9-3-6/h5-6,9H,2-4H2,1H3. The number of nitrogens with one attached hydrogen (secondary N) is 1. The van der Waals surface area contributed by atoms with Crippen LogP contribution in [0.1, 0.15) is 6.92 Å². The van der Waals surface area contributed by atoms with Crippen molar-refractivity contribution in [2.75, 3.05) is 19.7 Å². The summed E-state index contributed by atoms with van der Waals surface area (Å²) in [4.78, 5) is 11.3. The largest absolute Gasteiger partial charge is 0.464 e. The lowest BCUT2D eigenvalue weighted by atomic mass is 10.0. The molecule has 1 saturated heterocycles. The highest BCUT2D eigenvalue weighted by molar-refractivity contribution is 9.09. The van der Waals surface area contributed by atoms with Gasteiger partial charge in [-0.2, -0.15) is 0 Å². The Labute approximate surface area is 74.6 Å². The molecule has 0 saturated carbocycles. The second-order valence-electron chi connectivity index (χ2n) is 2.77. The summed E-state index contributed by atoms with van der Waals surface area (Å²) in [5.74, 6) is 0.0244. The third-order valence-electron chi connectivity index (χ3n) is 1.57. The number of ether oxygens (including phenoxy) is 1. The quantitative estimate of drug-likeness (QED) is 0.559. The Bertz CT molecular complexity index is 145. The van der Waals surface area contributed by atoms with Crippen LogP contribution in [0, 0.1) is 5.92 Å². The summed E-state index contributed by atoms with van der Waals surface area (Å²) in [6, 6.07) is 0. The van der Waals surface area contributed by atoms with E-state index in [1.165, 1.54) is 0 Å². The van der Waals surface area contributed by atoms with Gasteiger partial charge in [0.05, 0.1) is 5.92 Å². The molecule has 4 heteroatoms. The predicted molar refractivity (Wildman–Crippen MR) is 45.7 cm³/mol. The Morgan fingerprint density at radius 3 is 2.82 bits per heavy atom. The number of hydrogen-bond acceptors (Lipinski definition) is 3. The number of esters is 1. The van der Waals surface area contributed by atoms with E-state index >= 15 is 0 Å². The molecule has 0 amide bonds. The van der Waals surface area contributed by atoms with Gasteiger partial charge in [0.1, 0.15) is 6.61 Å². The molecule has 1 aliphatic heterocycles. The summed E-state index contributed by atoms with van der Waals surface area (Å²) in [5.41, 5.74) is 0. The first-order valence-corrected chi connectivity index (χ1v) is 4.63. The Hall–Kier alpha value is -0.0900. The van der Waals surface area contributed by atoms with E-state index in [0.29, 0.717) is 6.61 Å². The van der Waals surface area contributed by atoms with Gasteiger partial charge in [0.2, 0.25) is 0 Å². The SMILES string of the molecule is CC(Br)COC(=O)C1CNC1. The van der Waals surface area contributed by atoms with Gasteiger partial charge in [-0.15, -0.1) is 0 Å². The molecule has 0 aromatic heterocycles. The van der Waals surface area contributed by atoms with E-state index in [4.69, 9.17) is 4.74 Å². The maximum Gasteiger partial charge on any atom is 0.311 e. The topological polar surface area (TPSA) is 38.3 Å². The first kappa shape index (κ1) is 9.00.